The van der Waals surface area contributed by atoms with E-state index in [4.69, 9.17) is 34.1 Å². The molecule has 110 heavy (non-hydrogen) atoms. The number of pyridine rings is 5. The summed E-state index contributed by atoms with van der Waals surface area (Å²) in [6.07, 6.45) is 8.94. The predicted molar refractivity (Wildman–Crippen MR) is 455 cm³/mol. The summed E-state index contributed by atoms with van der Waals surface area (Å²) in [5.41, 5.74) is 26.1. The zero-order chi connectivity index (χ0) is 86.6. The van der Waals surface area contributed by atoms with E-state index >= 15 is 0 Å². The van der Waals surface area contributed by atoms with Gasteiger partial charge in [0.25, 0.3) is 0 Å². The molecule has 0 saturated heterocycles. The summed E-state index contributed by atoms with van der Waals surface area (Å²) in [6.45, 7) is 11.0. The summed E-state index contributed by atoms with van der Waals surface area (Å²) >= 11 is 0. The lowest BCUT2D eigenvalue weighted by Gasteiger charge is -2.09. The van der Waals surface area contributed by atoms with Crippen LogP contribution in [-0.2, 0) is 28.2 Å². The highest BCUT2D eigenvalue weighted by atomic mass is 16.3. The quantitative estimate of drug-likeness (QED) is 0.164. The van der Waals surface area contributed by atoms with Crippen molar-refractivity contribution < 1.29 is 52.4 Å². The monoisotopic (exact) mass is 1450 g/mol. The number of rotatable bonds is 4. The van der Waals surface area contributed by atoms with Crippen molar-refractivity contribution in [2.45, 2.75) is 96.6 Å². The lowest BCUT2D eigenvalue weighted by molar-refractivity contribution is -0.660. The zero-order valence-corrected chi connectivity index (χ0v) is 64.2. The molecule has 11 aromatic carbocycles. The van der Waals surface area contributed by atoms with Crippen LogP contribution in [0.4, 0.5) is 0 Å². The predicted octanol–water partition coefficient (Wildman–Crippen LogP) is 24.6. The van der Waals surface area contributed by atoms with Gasteiger partial charge in [0.1, 0.15) is 72.9 Å². The van der Waals surface area contributed by atoms with Gasteiger partial charge in [0.05, 0.1) is 27.8 Å². The largest absolute Gasteiger partial charge is 0.455 e. The molecule has 0 bridgehead atoms. The molecule has 9 heterocycles. The minimum atomic E-state index is -2.33. The van der Waals surface area contributed by atoms with Gasteiger partial charge in [-0.25, -0.2) is 18.3 Å². The van der Waals surface area contributed by atoms with Crippen LogP contribution in [0.25, 0.3) is 176 Å². The van der Waals surface area contributed by atoms with Gasteiger partial charge in [-0.15, -0.1) is 0 Å². The summed E-state index contributed by atoms with van der Waals surface area (Å²) in [4.78, 5) is 4.45. The van der Waals surface area contributed by atoms with E-state index in [-0.39, 0.29) is 11.1 Å². The van der Waals surface area contributed by atoms with Crippen LogP contribution in [0, 0.1) is 96.6 Å². The van der Waals surface area contributed by atoms with Crippen LogP contribution in [-0.4, -0.2) is 4.98 Å². The summed E-state index contributed by atoms with van der Waals surface area (Å²) in [5, 5.41) is 15.7. The molecular weight excluding hydrogens is 1350 g/mol. The lowest BCUT2D eigenvalue weighted by Crippen LogP contribution is -2.31. The maximum Gasteiger partial charge on any atom is 0.216 e. The number of fused-ring (bicyclic) bond motifs is 17. The molecule has 20 aromatic rings. The second kappa shape index (κ2) is 27.3. The standard InChI is InChI=1S/C27H26NO.2C26H24NO.C22H17N2O/c1-15-7-8-20-13-24-22(12-21(20)9-15)25-17(3)10-18(4)26(27(25)29-24)23-11-16(2)19(5)14-28(23)6;1-15-6-8-19-13-24-22(12-20(19)10-15)21-9-7-16(2)25(26(21)28-24)23-11-17(3)18(4)14-27(23)5;1-15-6-8-19-12-22-21-9-7-16(2)25(23-11-17(3)18(4)14-27(23)5)26(21)28-24(22)13-20(19)10-15;1-14-8-9-16-15-10-11-18-17(6-5-12-23-18)21(15)25-22(16)20(14)19-7-3-4-13-24(19)2/h7-14H,1-6H3;2*6-14H,1-5H3;3-13H,1-2H3/q4*+1/i3D3,5D3;2*4D3;. The number of hydrogen-bond donors (Lipinski definition) is 0. The first kappa shape index (κ1) is 57.6. The van der Waals surface area contributed by atoms with E-state index in [0.717, 1.165) is 182 Å². The summed E-state index contributed by atoms with van der Waals surface area (Å²) in [5.74, 6) is 0. The summed E-state index contributed by atoms with van der Waals surface area (Å²) in [7, 11) is 7.65. The highest BCUT2D eigenvalue weighted by Gasteiger charge is 2.28. The molecule has 0 aliphatic carbocycles. The fourth-order valence-corrected chi connectivity index (χ4v) is 16.1. The van der Waals surface area contributed by atoms with Crippen LogP contribution in [0.5, 0.6) is 0 Å². The minimum absolute atomic E-state index is 0.248. The molecule has 9 nitrogen and oxygen atoms in total. The second-order valence-corrected chi connectivity index (χ2v) is 30.0. The van der Waals surface area contributed by atoms with E-state index in [9.17, 15) is 0 Å². The minimum Gasteiger partial charge on any atom is -0.455 e. The second-order valence-electron chi connectivity index (χ2n) is 30.0. The molecule has 0 N–H and O–H groups in total. The van der Waals surface area contributed by atoms with Crippen LogP contribution < -0.4 is 18.3 Å². The first-order chi connectivity index (χ1) is 57.7. The van der Waals surface area contributed by atoms with E-state index in [2.05, 4.69) is 191 Å². The Balaban J connectivity index is 0.000000116. The topological polar surface area (TPSA) is 81.0 Å². The molecular formula is C101H91N5O4+4. The number of hydrogen-bond acceptors (Lipinski definition) is 5. The molecule has 0 spiro atoms. The van der Waals surface area contributed by atoms with Gasteiger partial charge in [0.15, 0.2) is 24.8 Å². The van der Waals surface area contributed by atoms with E-state index in [1.807, 2.05) is 112 Å². The van der Waals surface area contributed by atoms with E-state index in [1.54, 1.807) is 43.2 Å². The fraction of sp³-hybridized carbons (Fsp3) is 0.178. The van der Waals surface area contributed by atoms with Crippen molar-refractivity contribution in [1.82, 2.24) is 4.98 Å². The van der Waals surface area contributed by atoms with Crippen LogP contribution in [0.1, 0.15) is 94.3 Å². The fourth-order valence-electron chi connectivity index (χ4n) is 16.1. The Hall–Kier alpha value is -12.6. The van der Waals surface area contributed by atoms with Gasteiger partial charge in [-0.05, 0) is 240 Å². The molecule has 0 atom stereocenters. The van der Waals surface area contributed by atoms with E-state index in [0.29, 0.717) is 33.2 Å². The van der Waals surface area contributed by atoms with E-state index < -0.39 is 27.4 Å². The molecule has 9 aromatic heterocycles. The molecule has 540 valence electrons. The van der Waals surface area contributed by atoms with Crippen molar-refractivity contribution in [3.8, 4) is 45.0 Å². The molecule has 0 radical (unpaired) electrons. The maximum atomic E-state index is 8.23. The normalized spacial score (nSPS) is 13.8. The molecule has 0 aliphatic rings. The van der Waals surface area contributed by atoms with Gasteiger partial charge in [-0.1, -0.05) is 114 Å². The van der Waals surface area contributed by atoms with Gasteiger partial charge in [-0.2, -0.15) is 0 Å². The number of furan rings is 4. The number of benzene rings is 11. The van der Waals surface area contributed by atoms with Gasteiger partial charge in [0, 0.05) is 118 Å². The smallest absolute Gasteiger partial charge is 0.216 e. The van der Waals surface area contributed by atoms with Crippen molar-refractivity contribution in [3.63, 3.8) is 0 Å². The van der Waals surface area contributed by atoms with Crippen molar-refractivity contribution >= 4 is 131 Å². The van der Waals surface area contributed by atoms with Crippen molar-refractivity contribution in [2.75, 3.05) is 0 Å². The van der Waals surface area contributed by atoms with Crippen LogP contribution in [0.2, 0.25) is 0 Å². The Labute approximate surface area is 658 Å². The Morgan fingerprint density at radius 3 is 1.19 bits per heavy atom. The third kappa shape index (κ3) is 12.2. The Kier molecular flexibility index (Phi) is 14.3. The Morgan fingerprint density at radius 1 is 0.273 bits per heavy atom. The van der Waals surface area contributed by atoms with Gasteiger partial charge >= 0.3 is 0 Å². The third-order valence-corrected chi connectivity index (χ3v) is 22.1. The zero-order valence-electron chi connectivity index (χ0n) is 76.2. The first-order valence-electron chi connectivity index (χ1n) is 43.1. The number of nitrogens with zero attached hydrogens (tertiary/aromatic N) is 5. The average Bonchev–Trinajstić information content (AvgIpc) is 1.60. The van der Waals surface area contributed by atoms with Gasteiger partial charge < -0.3 is 17.7 Å². The number of aromatic nitrogens is 5. The van der Waals surface area contributed by atoms with Gasteiger partial charge in [0.2, 0.25) is 22.8 Å². The molecule has 20 rings (SSSR count). The highest BCUT2D eigenvalue weighted by molar-refractivity contribution is 6.19. The third-order valence-electron chi connectivity index (χ3n) is 22.1. The van der Waals surface area contributed by atoms with E-state index in [1.165, 1.54) is 27.5 Å². The van der Waals surface area contributed by atoms with Crippen LogP contribution in [0.15, 0.2) is 243 Å². The average molecular weight is 1450 g/mol. The molecule has 0 aliphatic heterocycles. The van der Waals surface area contributed by atoms with Crippen molar-refractivity contribution in [2.24, 2.45) is 28.2 Å². The van der Waals surface area contributed by atoms with Crippen LogP contribution >= 0.6 is 0 Å². The molecule has 0 amide bonds. The molecule has 9 heteroatoms. The van der Waals surface area contributed by atoms with Crippen molar-refractivity contribution in [3.05, 3.63) is 303 Å². The summed E-state index contributed by atoms with van der Waals surface area (Å²) < 4.78 is 129. The van der Waals surface area contributed by atoms with Gasteiger partial charge in [-0.3, -0.25) is 4.98 Å². The maximum absolute atomic E-state index is 8.23. The lowest BCUT2D eigenvalue weighted by atomic mass is 9.95. The Bertz CT molecular complexity index is 7690. The first-order valence-corrected chi connectivity index (χ1v) is 37.1. The number of aryl methyl sites for hydroxylation is 18. The molecule has 0 fully saturated rings. The highest BCUT2D eigenvalue weighted by Crippen LogP contribution is 2.45. The Morgan fingerprint density at radius 2 is 0.682 bits per heavy atom. The van der Waals surface area contributed by atoms with Crippen molar-refractivity contribution in [1.29, 1.82) is 0 Å². The molecule has 0 saturated carbocycles. The molecule has 0 unspecified atom stereocenters. The SMILES string of the molecule is Cc1ccc2c(oc3c4cccnc4ccc23)c1-c1cccc[n+]1C.[2H]C([2H])([2H])c1c[n+](C)c(-c2c(C)cc(C([2H])([2H])[2H])c3c2oc2cc4ccc(C)cc4cc23)cc1C.[2H]C([2H])([2H])c1c[n+](C)c(-c2c(C)ccc3c2oc2cc4cc(C)ccc4cc23)cc1C.[2H]C([2H])([2H])c1c[n+](C)c(-c2c(C)ccc3c2oc2cc4ccc(C)cc4cc23)cc1C. The van der Waals surface area contributed by atoms with Crippen LogP contribution in [0.3, 0.4) is 0 Å². The summed E-state index contributed by atoms with van der Waals surface area (Å²) in [6, 6.07) is 66.3.